The molecule has 0 spiro atoms. The summed E-state index contributed by atoms with van der Waals surface area (Å²) in [6.07, 6.45) is 3.59. The Labute approximate surface area is 153 Å². The Hall–Kier alpha value is -2.74. The van der Waals surface area contributed by atoms with E-state index in [0.717, 1.165) is 42.2 Å². The molecule has 6 nitrogen and oxygen atoms in total. The van der Waals surface area contributed by atoms with Gasteiger partial charge >= 0.3 is 5.97 Å². The molecule has 1 aliphatic carbocycles. The molecule has 0 unspecified atom stereocenters. The average Bonchev–Trinajstić information content (AvgIpc) is 2.98. The predicted molar refractivity (Wildman–Crippen MR) is 94.8 cm³/mol. The van der Waals surface area contributed by atoms with Crippen LogP contribution in [0.25, 0.3) is 0 Å². The van der Waals surface area contributed by atoms with Crippen LogP contribution in [0.15, 0.2) is 24.3 Å². The molecule has 1 aromatic carbocycles. The molecular weight excluding hydrogens is 359 g/mol. The molecule has 1 heterocycles. The highest BCUT2D eigenvalue weighted by atomic mass is 32.1. The molecule has 2 aromatic rings. The minimum atomic E-state index is -0.932. The predicted octanol–water partition coefficient (Wildman–Crippen LogP) is 2.66. The number of rotatable bonds is 5. The van der Waals surface area contributed by atoms with Gasteiger partial charge in [0.05, 0.1) is 11.1 Å². The van der Waals surface area contributed by atoms with Gasteiger partial charge < -0.3 is 15.8 Å². The van der Waals surface area contributed by atoms with E-state index in [0.29, 0.717) is 10.6 Å². The monoisotopic (exact) mass is 376 g/mol. The zero-order chi connectivity index (χ0) is 18.7. The molecule has 0 radical (unpaired) electrons. The van der Waals surface area contributed by atoms with Gasteiger partial charge in [0.2, 0.25) is 0 Å². The topological polar surface area (TPSA) is 98.5 Å². The number of anilines is 1. The number of carbonyl (C=O) groups is 3. The Balaban J connectivity index is 1.67. The van der Waals surface area contributed by atoms with E-state index >= 15 is 0 Å². The molecule has 2 amide bonds. The minimum Gasteiger partial charge on any atom is -0.452 e. The van der Waals surface area contributed by atoms with Crippen LogP contribution in [0.2, 0.25) is 0 Å². The van der Waals surface area contributed by atoms with Crippen molar-refractivity contribution in [2.24, 2.45) is 5.73 Å². The summed E-state index contributed by atoms with van der Waals surface area (Å²) < 4.78 is 18.4. The van der Waals surface area contributed by atoms with Gasteiger partial charge in [0.15, 0.2) is 6.61 Å². The molecule has 3 N–H and O–H groups in total. The number of hydrogen-bond acceptors (Lipinski definition) is 5. The molecule has 0 fully saturated rings. The maximum absolute atomic E-state index is 13.5. The average molecular weight is 376 g/mol. The molecule has 0 saturated carbocycles. The van der Waals surface area contributed by atoms with Crippen molar-refractivity contribution in [2.45, 2.75) is 25.7 Å². The Bertz CT molecular complexity index is 878. The molecule has 26 heavy (non-hydrogen) atoms. The molecular formula is C18H17FN2O4S. The highest BCUT2D eigenvalue weighted by Gasteiger charge is 2.25. The molecule has 8 heteroatoms. The lowest BCUT2D eigenvalue weighted by atomic mass is 9.95. The number of thiophene rings is 1. The highest BCUT2D eigenvalue weighted by Crippen LogP contribution is 2.37. The summed E-state index contributed by atoms with van der Waals surface area (Å²) in [6.45, 7) is -0.589. The first-order valence-corrected chi connectivity index (χ1v) is 8.95. The summed E-state index contributed by atoms with van der Waals surface area (Å²) in [4.78, 5) is 36.8. The quantitative estimate of drug-likeness (QED) is 0.784. The van der Waals surface area contributed by atoms with E-state index in [9.17, 15) is 18.8 Å². The van der Waals surface area contributed by atoms with Crippen molar-refractivity contribution < 1.29 is 23.5 Å². The van der Waals surface area contributed by atoms with Crippen LogP contribution in [0.4, 0.5) is 9.39 Å². The third-order valence-corrected chi connectivity index (χ3v) is 5.31. The lowest BCUT2D eigenvalue weighted by Gasteiger charge is -2.11. The fourth-order valence-electron chi connectivity index (χ4n) is 2.91. The number of benzene rings is 1. The number of aryl methyl sites for hydroxylation is 1. The van der Waals surface area contributed by atoms with Gasteiger partial charge in [-0.1, -0.05) is 12.1 Å². The third kappa shape index (κ3) is 3.75. The fraction of sp³-hybridized carbons (Fsp3) is 0.278. The number of ether oxygens (including phenoxy) is 1. The van der Waals surface area contributed by atoms with E-state index in [-0.39, 0.29) is 5.56 Å². The Morgan fingerprint density at radius 3 is 2.65 bits per heavy atom. The van der Waals surface area contributed by atoms with Crippen molar-refractivity contribution in [2.75, 3.05) is 11.9 Å². The van der Waals surface area contributed by atoms with E-state index in [1.165, 1.54) is 29.5 Å². The summed E-state index contributed by atoms with van der Waals surface area (Å²) in [7, 11) is 0. The molecule has 1 aromatic heterocycles. The van der Waals surface area contributed by atoms with Crippen molar-refractivity contribution >= 4 is 34.1 Å². The zero-order valence-electron chi connectivity index (χ0n) is 13.8. The Kier molecular flexibility index (Phi) is 5.32. The van der Waals surface area contributed by atoms with E-state index in [4.69, 9.17) is 10.5 Å². The van der Waals surface area contributed by atoms with Gasteiger partial charge in [0, 0.05) is 4.88 Å². The number of hydrogen-bond donors (Lipinski definition) is 2. The normalized spacial score (nSPS) is 13.0. The maximum atomic E-state index is 13.5. The van der Waals surface area contributed by atoms with E-state index < -0.39 is 30.2 Å². The molecule has 0 bridgehead atoms. The largest absolute Gasteiger partial charge is 0.452 e. The summed E-state index contributed by atoms with van der Waals surface area (Å²) in [5.41, 5.74) is 6.45. The lowest BCUT2D eigenvalue weighted by molar-refractivity contribution is -0.119. The lowest BCUT2D eigenvalue weighted by Crippen LogP contribution is -2.23. The number of carbonyl (C=O) groups excluding carboxylic acids is 3. The van der Waals surface area contributed by atoms with Crippen LogP contribution in [0.3, 0.4) is 0 Å². The minimum absolute atomic E-state index is 0.246. The van der Waals surface area contributed by atoms with Crippen molar-refractivity contribution in [3.8, 4) is 0 Å². The summed E-state index contributed by atoms with van der Waals surface area (Å²) >= 11 is 1.32. The van der Waals surface area contributed by atoms with Crippen LogP contribution < -0.4 is 11.1 Å². The zero-order valence-corrected chi connectivity index (χ0v) is 14.7. The molecule has 0 atom stereocenters. The van der Waals surface area contributed by atoms with Gasteiger partial charge in [-0.15, -0.1) is 11.3 Å². The van der Waals surface area contributed by atoms with E-state index in [1.54, 1.807) is 0 Å². The number of nitrogens with two attached hydrogens (primary N) is 1. The number of halogens is 1. The smallest absolute Gasteiger partial charge is 0.341 e. The van der Waals surface area contributed by atoms with Gasteiger partial charge in [-0.05, 0) is 43.4 Å². The second-order valence-electron chi connectivity index (χ2n) is 5.88. The first-order valence-electron chi connectivity index (χ1n) is 8.13. The SMILES string of the molecule is NC(=O)c1c(NC(=O)COC(=O)c2ccccc2F)sc2c1CCCC2. The summed E-state index contributed by atoms with van der Waals surface area (Å²) in [5, 5.41) is 2.95. The standard InChI is InChI=1S/C18H17FN2O4S/c19-12-7-3-1-5-10(12)18(24)25-9-14(22)21-17-15(16(20)23)11-6-2-4-8-13(11)26-17/h1,3,5,7H,2,4,6,8-9H2,(H2,20,23)(H,21,22). The Morgan fingerprint density at radius 2 is 1.92 bits per heavy atom. The number of primary amides is 1. The number of fused-ring (bicyclic) bond motifs is 1. The maximum Gasteiger partial charge on any atom is 0.341 e. The van der Waals surface area contributed by atoms with Crippen LogP contribution >= 0.6 is 11.3 Å². The van der Waals surface area contributed by atoms with Crippen LogP contribution in [-0.4, -0.2) is 24.4 Å². The van der Waals surface area contributed by atoms with Crippen molar-refractivity contribution in [3.05, 3.63) is 51.7 Å². The number of esters is 1. The number of amides is 2. The van der Waals surface area contributed by atoms with Crippen LogP contribution in [-0.2, 0) is 22.4 Å². The molecule has 0 aliphatic heterocycles. The summed E-state index contributed by atoms with van der Waals surface area (Å²) in [6, 6.07) is 5.35. The van der Waals surface area contributed by atoms with Crippen molar-refractivity contribution in [1.82, 2.24) is 0 Å². The first-order chi connectivity index (χ1) is 12.5. The second-order valence-corrected chi connectivity index (χ2v) is 6.99. The highest BCUT2D eigenvalue weighted by molar-refractivity contribution is 7.17. The van der Waals surface area contributed by atoms with E-state index in [2.05, 4.69) is 5.32 Å². The van der Waals surface area contributed by atoms with Crippen molar-refractivity contribution in [3.63, 3.8) is 0 Å². The van der Waals surface area contributed by atoms with Gasteiger partial charge in [-0.2, -0.15) is 0 Å². The van der Waals surface area contributed by atoms with E-state index in [1.807, 2.05) is 0 Å². The van der Waals surface area contributed by atoms with Crippen LogP contribution in [0.1, 0.15) is 44.0 Å². The van der Waals surface area contributed by atoms with Gasteiger partial charge in [-0.3, -0.25) is 9.59 Å². The Morgan fingerprint density at radius 1 is 1.19 bits per heavy atom. The number of nitrogens with one attached hydrogen (secondary N) is 1. The van der Waals surface area contributed by atoms with Gasteiger partial charge in [0.1, 0.15) is 10.8 Å². The van der Waals surface area contributed by atoms with Crippen LogP contribution in [0.5, 0.6) is 0 Å². The van der Waals surface area contributed by atoms with Crippen molar-refractivity contribution in [1.29, 1.82) is 0 Å². The summed E-state index contributed by atoms with van der Waals surface area (Å²) in [5.74, 6) is -2.86. The molecule has 3 rings (SSSR count). The fourth-order valence-corrected chi connectivity index (χ4v) is 4.22. The molecule has 136 valence electrons. The molecule has 1 aliphatic rings. The van der Waals surface area contributed by atoms with Crippen LogP contribution in [0, 0.1) is 5.82 Å². The third-order valence-electron chi connectivity index (χ3n) is 4.10. The second kappa shape index (κ2) is 7.65. The van der Waals surface area contributed by atoms with Gasteiger partial charge in [0.25, 0.3) is 11.8 Å². The molecule has 0 saturated heterocycles. The first kappa shape index (κ1) is 18.1. The van der Waals surface area contributed by atoms with Gasteiger partial charge in [-0.25, -0.2) is 9.18 Å².